The Bertz CT molecular complexity index is 3140. The molecule has 0 saturated carbocycles. The smallest absolute Gasteiger partial charge is 0.269 e. The zero-order valence-corrected chi connectivity index (χ0v) is 38.7. The van der Waals surface area contributed by atoms with Crippen LogP contribution in [-0.4, -0.2) is 103 Å². The van der Waals surface area contributed by atoms with Gasteiger partial charge in [-0.05, 0) is 84.0 Å². The van der Waals surface area contributed by atoms with Gasteiger partial charge in [0.15, 0.2) is 5.82 Å². The van der Waals surface area contributed by atoms with Crippen LogP contribution in [0.4, 0.5) is 5.69 Å². The molecule has 0 aliphatic carbocycles. The third-order valence-corrected chi connectivity index (χ3v) is 14.3. The van der Waals surface area contributed by atoms with E-state index in [0.29, 0.717) is 57.1 Å². The molecule has 5 aromatic carbocycles. The van der Waals surface area contributed by atoms with Gasteiger partial charge in [-0.2, -0.15) is 10.2 Å². The number of fused-ring (bicyclic) bond motifs is 1. The molecular weight excluding hydrogens is 861 g/mol. The predicted molar refractivity (Wildman–Crippen MR) is 267 cm³/mol. The number of carbonyl (C=O) groups is 3. The Kier molecular flexibility index (Phi) is 11.3. The van der Waals surface area contributed by atoms with Gasteiger partial charge in [-0.3, -0.25) is 28.9 Å². The monoisotopic (exact) mass is 912 g/mol. The maximum absolute atomic E-state index is 14.8. The molecule has 8 aromatic rings. The van der Waals surface area contributed by atoms with Crippen molar-refractivity contribution < 1.29 is 14.4 Å². The van der Waals surface area contributed by atoms with Gasteiger partial charge >= 0.3 is 0 Å². The van der Waals surface area contributed by atoms with Crippen molar-refractivity contribution in [3.63, 3.8) is 0 Å². The van der Waals surface area contributed by atoms with Crippen molar-refractivity contribution in [3.05, 3.63) is 192 Å². The summed E-state index contributed by atoms with van der Waals surface area (Å²) in [4.78, 5) is 56.3. The van der Waals surface area contributed by atoms with E-state index in [1.54, 1.807) is 30.3 Å². The molecule has 13 heteroatoms. The molecule has 1 spiro atoms. The van der Waals surface area contributed by atoms with Crippen molar-refractivity contribution >= 4 is 39.9 Å². The van der Waals surface area contributed by atoms with Crippen LogP contribution >= 0.6 is 0 Å². The molecule has 69 heavy (non-hydrogen) atoms. The fourth-order valence-electron chi connectivity index (χ4n) is 10.8. The molecule has 2 fully saturated rings. The number of hydrogen-bond donors (Lipinski definition) is 1. The van der Waals surface area contributed by atoms with Crippen LogP contribution in [0.15, 0.2) is 164 Å². The number of hydrogen-bond acceptors (Lipinski definition) is 8. The van der Waals surface area contributed by atoms with E-state index in [1.165, 1.54) is 5.57 Å². The molecule has 6 heterocycles. The van der Waals surface area contributed by atoms with Gasteiger partial charge in [-0.15, -0.1) is 0 Å². The molecule has 2 saturated heterocycles. The number of aromatic nitrogens is 6. The highest BCUT2D eigenvalue weighted by atomic mass is 16.2. The van der Waals surface area contributed by atoms with E-state index in [2.05, 4.69) is 133 Å². The lowest BCUT2D eigenvalue weighted by molar-refractivity contribution is -0.132. The van der Waals surface area contributed by atoms with Crippen molar-refractivity contribution in [2.24, 2.45) is 12.5 Å². The van der Waals surface area contributed by atoms with Crippen LogP contribution in [0.1, 0.15) is 52.0 Å². The summed E-state index contributed by atoms with van der Waals surface area (Å²) >= 11 is 0. The number of anilines is 1. The Balaban J connectivity index is 0.884. The molecule has 0 bridgehead atoms. The lowest BCUT2D eigenvalue weighted by Gasteiger charge is -2.37. The molecule has 344 valence electrons. The molecule has 1 atom stereocenters. The number of rotatable bonds is 11. The molecule has 3 aliphatic heterocycles. The van der Waals surface area contributed by atoms with Crippen LogP contribution in [0.5, 0.6) is 0 Å². The molecule has 13 nitrogen and oxygen atoms in total. The third kappa shape index (κ3) is 7.78. The van der Waals surface area contributed by atoms with Crippen LogP contribution in [0.3, 0.4) is 0 Å². The van der Waals surface area contributed by atoms with Crippen molar-refractivity contribution in [1.29, 1.82) is 0 Å². The van der Waals surface area contributed by atoms with E-state index in [-0.39, 0.29) is 30.0 Å². The first-order valence-electron chi connectivity index (χ1n) is 23.6. The Morgan fingerprint density at radius 3 is 2.01 bits per heavy atom. The fraction of sp³-hybridized carbons (Fsp3) is 0.232. The highest BCUT2D eigenvalue weighted by Gasteiger charge is 2.51. The van der Waals surface area contributed by atoms with E-state index >= 15 is 0 Å². The zero-order chi connectivity index (χ0) is 47.1. The quantitative estimate of drug-likeness (QED) is 0.130. The average molecular weight is 913 g/mol. The van der Waals surface area contributed by atoms with Gasteiger partial charge in [0.25, 0.3) is 5.91 Å². The van der Waals surface area contributed by atoms with Crippen LogP contribution in [0.25, 0.3) is 39.1 Å². The zero-order valence-electron chi connectivity index (χ0n) is 38.7. The van der Waals surface area contributed by atoms with Crippen LogP contribution < -0.4 is 10.2 Å². The fourth-order valence-corrected chi connectivity index (χ4v) is 10.8. The third-order valence-electron chi connectivity index (χ3n) is 14.3. The summed E-state index contributed by atoms with van der Waals surface area (Å²) < 4.78 is 3.81. The Hall–Kier alpha value is -8.03. The first kappa shape index (κ1) is 43.5. The van der Waals surface area contributed by atoms with Gasteiger partial charge in [-0.25, -0.2) is 9.67 Å². The second kappa shape index (κ2) is 17.9. The number of amides is 3. The summed E-state index contributed by atoms with van der Waals surface area (Å²) in [7, 11) is 3.45. The summed E-state index contributed by atoms with van der Waals surface area (Å²) in [5, 5.41) is 13.5. The molecule has 1 N–H and O–H groups in total. The van der Waals surface area contributed by atoms with Gasteiger partial charge in [0.2, 0.25) is 11.8 Å². The summed E-state index contributed by atoms with van der Waals surface area (Å²) in [6.07, 6.45) is 7.66. The first-order chi connectivity index (χ1) is 33.7. The predicted octanol–water partition coefficient (Wildman–Crippen LogP) is 7.84. The van der Waals surface area contributed by atoms with Crippen LogP contribution in [-0.2, 0) is 22.2 Å². The molecule has 3 aliphatic rings. The molecule has 1 unspecified atom stereocenters. The van der Waals surface area contributed by atoms with Crippen molar-refractivity contribution in [3.8, 4) is 22.6 Å². The summed E-state index contributed by atoms with van der Waals surface area (Å²) in [5.41, 5.74) is 8.19. The summed E-state index contributed by atoms with van der Waals surface area (Å²) in [5.74, 6) is 0.570. The number of nitrogens with one attached hydrogen (secondary N) is 1. The van der Waals surface area contributed by atoms with Gasteiger partial charge < -0.3 is 15.1 Å². The highest BCUT2D eigenvalue weighted by molar-refractivity contribution is 6.04. The Morgan fingerprint density at radius 2 is 1.39 bits per heavy atom. The molecular formula is C56H52N10O3. The SMILES string of the molecule is CNC(=O)c1cc(-c2nn(C(c3ccccc3)(c3ccccc3)c3ccccc3)c3ccc(N4CCC5(CCN(CC(=O)N6CC=C(c7ccc(-c8ncn(C)n8)cc7)CC6)C5)C4=O)cc23)ccn1. The second-order valence-electron chi connectivity index (χ2n) is 18.4. The van der Waals surface area contributed by atoms with Gasteiger partial charge in [-0.1, -0.05) is 121 Å². The topological polar surface area (TPSA) is 134 Å². The number of aryl methyl sites for hydroxylation is 1. The maximum atomic E-state index is 14.8. The highest BCUT2D eigenvalue weighted by Crippen LogP contribution is 2.47. The van der Waals surface area contributed by atoms with Crippen LogP contribution in [0, 0.1) is 5.41 Å². The summed E-state index contributed by atoms with van der Waals surface area (Å²) in [6, 6.07) is 49.4. The number of pyridine rings is 1. The molecule has 0 radical (unpaired) electrons. The van der Waals surface area contributed by atoms with E-state index in [0.717, 1.165) is 56.4 Å². The van der Waals surface area contributed by atoms with Crippen LogP contribution in [0.2, 0.25) is 0 Å². The lowest BCUT2D eigenvalue weighted by Crippen LogP contribution is -2.43. The number of benzene rings is 5. The lowest BCUT2D eigenvalue weighted by atomic mass is 9.77. The van der Waals surface area contributed by atoms with E-state index < -0.39 is 11.0 Å². The molecule has 11 rings (SSSR count). The summed E-state index contributed by atoms with van der Waals surface area (Å²) in [6.45, 7) is 3.28. The number of nitrogens with zero attached hydrogens (tertiary/aromatic N) is 9. The van der Waals surface area contributed by atoms with Gasteiger partial charge in [0.1, 0.15) is 23.3 Å². The van der Waals surface area contributed by atoms with E-state index in [4.69, 9.17) is 5.10 Å². The second-order valence-corrected chi connectivity index (χ2v) is 18.4. The van der Waals surface area contributed by atoms with E-state index in [9.17, 15) is 14.4 Å². The number of carbonyl (C=O) groups excluding carboxylic acids is 3. The maximum Gasteiger partial charge on any atom is 0.269 e. The first-order valence-corrected chi connectivity index (χ1v) is 23.6. The van der Waals surface area contributed by atoms with Gasteiger partial charge in [0.05, 0.1) is 17.5 Å². The van der Waals surface area contributed by atoms with Crippen molar-refractivity contribution in [1.82, 2.24) is 44.6 Å². The minimum Gasteiger partial charge on any atom is -0.354 e. The minimum absolute atomic E-state index is 0.0825. The van der Waals surface area contributed by atoms with Crippen molar-refractivity contribution in [2.45, 2.75) is 24.8 Å². The van der Waals surface area contributed by atoms with E-state index in [1.807, 2.05) is 59.3 Å². The van der Waals surface area contributed by atoms with Crippen molar-refractivity contribution in [2.75, 3.05) is 51.2 Å². The van der Waals surface area contributed by atoms with Gasteiger partial charge in [0, 0.05) is 68.7 Å². The molecule has 3 aromatic heterocycles. The Labute approximate surface area is 400 Å². The standard InChI is InChI=1S/C56H52N10O3/c1-57-53(68)48-34-42(24-29-58-48)51-47-35-46(22-23-49(47)66(60-51)56(43-12-6-3-7-13-43,44-14-8-4-9-15-44)45-16-10-5-11-17-45)65-33-28-55(54(65)69)27-32-63(37-55)36-50(67)64-30-25-40(26-31-64)39-18-20-41(21-19-39)52-59-38-62(2)61-52/h3-25,29,34-35,38H,26-28,30-33,36-37H2,1-2H3,(H,57,68). The normalized spacial score (nSPS) is 17.5. The number of likely N-dealkylation sites (tertiary alicyclic amines) is 1. The average Bonchev–Trinajstić information content (AvgIpc) is 4.21. The molecule has 3 amide bonds. The largest absolute Gasteiger partial charge is 0.354 e. The minimum atomic E-state index is -0.922. The Morgan fingerprint density at radius 1 is 0.725 bits per heavy atom.